The van der Waals surface area contributed by atoms with Crippen LogP contribution in [0.3, 0.4) is 0 Å². The normalized spacial score (nSPS) is 29.1. The van der Waals surface area contributed by atoms with Gasteiger partial charge in [0.2, 0.25) is 0 Å². The summed E-state index contributed by atoms with van der Waals surface area (Å²) in [7, 11) is 0. The predicted octanol–water partition coefficient (Wildman–Crippen LogP) is 3.14. The van der Waals surface area contributed by atoms with Gasteiger partial charge in [0, 0.05) is 30.9 Å². The first-order valence-electron chi connectivity index (χ1n) is 7.38. The van der Waals surface area contributed by atoms with Gasteiger partial charge in [0.15, 0.2) is 0 Å². The van der Waals surface area contributed by atoms with Crippen LogP contribution in [0.25, 0.3) is 0 Å². The van der Waals surface area contributed by atoms with E-state index < -0.39 is 5.60 Å². The lowest BCUT2D eigenvalue weighted by Crippen LogP contribution is -2.42. The number of rotatable bonds is 3. The Morgan fingerprint density at radius 3 is 3.05 bits per heavy atom. The second kappa shape index (κ2) is 5.55. The van der Waals surface area contributed by atoms with Gasteiger partial charge in [0.1, 0.15) is 5.75 Å². The lowest BCUT2D eigenvalue weighted by molar-refractivity contribution is -0.103. The molecule has 0 amide bonds. The summed E-state index contributed by atoms with van der Waals surface area (Å²) >= 11 is 6.19. The zero-order chi connectivity index (χ0) is 14.2. The molecule has 0 aliphatic carbocycles. The van der Waals surface area contributed by atoms with E-state index in [4.69, 9.17) is 21.1 Å². The van der Waals surface area contributed by atoms with Crippen molar-refractivity contribution in [2.75, 3.05) is 13.2 Å². The van der Waals surface area contributed by atoms with Crippen LogP contribution >= 0.6 is 11.6 Å². The molecular weight excluding hydrogens is 276 g/mol. The van der Waals surface area contributed by atoms with Crippen LogP contribution in [0, 0.1) is 0 Å². The highest BCUT2D eigenvalue weighted by Crippen LogP contribution is 2.37. The summed E-state index contributed by atoms with van der Waals surface area (Å²) in [6.45, 7) is 3.43. The lowest BCUT2D eigenvalue weighted by atomic mass is 9.83. The Kier molecular flexibility index (Phi) is 3.93. The fraction of sp³-hybridized carbons (Fsp3) is 0.625. The number of ether oxygens (including phenoxy) is 2. The average Bonchev–Trinajstić information content (AvgIpc) is 2.86. The Labute approximate surface area is 124 Å². The van der Waals surface area contributed by atoms with Crippen molar-refractivity contribution in [2.45, 2.75) is 50.7 Å². The molecule has 1 fully saturated rings. The number of hydrogen-bond acceptors (Lipinski definition) is 3. The summed E-state index contributed by atoms with van der Waals surface area (Å²) in [5, 5.41) is 11.6. The first-order chi connectivity index (χ1) is 9.59. The monoisotopic (exact) mass is 296 g/mol. The maximum atomic E-state index is 10.9. The molecule has 2 aliphatic heterocycles. The van der Waals surface area contributed by atoms with Crippen molar-refractivity contribution in [1.82, 2.24) is 0 Å². The van der Waals surface area contributed by atoms with E-state index in [0.29, 0.717) is 32.5 Å². The molecule has 1 N–H and O–H groups in total. The molecule has 3 nitrogen and oxygen atoms in total. The smallest absolute Gasteiger partial charge is 0.126 e. The number of hydrogen-bond donors (Lipinski definition) is 1. The largest absolute Gasteiger partial charge is 0.493 e. The van der Waals surface area contributed by atoms with Crippen LogP contribution in [0.2, 0.25) is 5.02 Å². The van der Waals surface area contributed by atoms with E-state index in [1.165, 1.54) is 0 Å². The van der Waals surface area contributed by atoms with Crippen molar-refractivity contribution >= 4 is 11.6 Å². The van der Waals surface area contributed by atoms with Gasteiger partial charge in [-0.05, 0) is 36.1 Å². The molecule has 0 bridgehead atoms. The van der Waals surface area contributed by atoms with Crippen molar-refractivity contribution < 1.29 is 14.6 Å². The maximum absolute atomic E-state index is 10.9. The van der Waals surface area contributed by atoms with Gasteiger partial charge in [-0.15, -0.1) is 0 Å². The third kappa shape index (κ3) is 2.80. The molecule has 20 heavy (non-hydrogen) atoms. The SMILES string of the molecule is CCC1CC(O)(Cc2cc(Cl)cc3c2OCC3)CCO1. The Morgan fingerprint density at radius 1 is 1.40 bits per heavy atom. The predicted molar refractivity (Wildman–Crippen MR) is 78.6 cm³/mol. The van der Waals surface area contributed by atoms with Gasteiger partial charge < -0.3 is 14.6 Å². The third-order valence-corrected chi connectivity index (χ3v) is 4.55. The van der Waals surface area contributed by atoms with Crippen molar-refractivity contribution in [3.63, 3.8) is 0 Å². The van der Waals surface area contributed by atoms with Crippen molar-refractivity contribution in [1.29, 1.82) is 0 Å². The van der Waals surface area contributed by atoms with Gasteiger partial charge in [0.25, 0.3) is 0 Å². The summed E-state index contributed by atoms with van der Waals surface area (Å²) in [4.78, 5) is 0. The molecule has 0 radical (unpaired) electrons. The Morgan fingerprint density at radius 2 is 2.25 bits per heavy atom. The summed E-state index contributed by atoms with van der Waals surface area (Å²) in [6.07, 6.45) is 3.95. The molecule has 2 atom stereocenters. The standard InChI is InChI=1S/C16H21ClO3/c1-2-14-10-16(18,4-6-19-14)9-12-8-13(17)7-11-3-5-20-15(11)12/h7-8,14,18H,2-6,9-10H2,1H3. The minimum absolute atomic E-state index is 0.155. The highest BCUT2D eigenvalue weighted by molar-refractivity contribution is 6.30. The van der Waals surface area contributed by atoms with E-state index in [1.54, 1.807) is 0 Å². The molecule has 3 rings (SSSR count). The third-order valence-electron chi connectivity index (χ3n) is 4.33. The average molecular weight is 297 g/mol. The quantitative estimate of drug-likeness (QED) is 0.931. The summed E-state index contributed by atoms with van der Waals surface area (Å²) in [6, 6.07) is 3.90. The van der Waals surface area contributed by atoms with E-state index in [-0.39, 0.29) is 6.10 Å². The zero-order valence-electron chi connectivity index (χ0n) is 11.8. The van der Waals surface area contributed by atoms with Crippen LogP contribution in [0.5, 0.6) is 5.75 Å². The highest BCUT2D eigenvalue weighted by Gasteiger charge is 2.36. The first kappa shape index (κ1) is 14.2. The van der Waals surface area contributed by atoms with Crippen LogP contribution < -0.4 is 4.74 Å². The van der Waals surface area contributed by atoms with E-state index >= 15 is 0 Å². The minimum atomic E-state index is -0.705. The molecule has 1 aromatic carbocycles. The minimum Gasteiger partial charge on any atom is -0.493 e. The molecule has 2 heterocycles. The molecule has 1 saturated heterocycles. The molecular formula is C16H21ClO3. The molecule has 2 aliphatic rings. The van der Waals surface area contributed by atoms with E-state index in [2.05, 4.69) is 6.92 Å². The molecule has 4 heteroatoms. The fourth-order valence-electron chi connectivity index (χ4n) is 3.25. The van der Waals surface area contributed by atoms with E-state index in [9.17, 15) is 5.11 Å². The van der Waals surface area contributed by atoms with Gasteiger partial charge in [-0.25, -0.2) is 0 Å². The first-order valence-corrected chi connectivity index (χ1v) is 7.75. The fourth-order valence-corrected chi connectivity index (χ4v) is 3.52. The Bertz CT molecular complexity index is 503. The van der Waals surface area contributed by atoms with Gasteiger partial charge in [-0.2, -0.15) is 0 Å². The van der Waals surface area contributed by atoms with Crippen molar-refractivity contribution in [3.05, 3.63) is 28.3 Å². The summed E-state index contributed by atoms with van der Waals surface area (Å²) < 4.78 is 11.4. The molecule has 1 aromatic rings. The molecule has 2 unspecified atom stereocenters. The molecule has 0 aromatic heterocycles. The Hall–Kier alpha value is -0.770. The second-order valence-corrected chi connectivity index (χ2v) is 6.34. The van der Waals surface area contributed by atoms with Gasteiger partial charge >= 0.3 is 0 Å². The summed E-state index contributed by atoms with van der Waals surface area (Å²) in [5.41, 5.74) is 1.49. The van der Waals surface area contributed by atoms with Crippen LogP contribution in [-0.4, -0.2) is 30.0 Å². The number of aliphatic hydroxyl groups is 1. The van der Waals surface area contributed by atoms with Crippen molar-refractivity contribution in [2.24, 2.45) is 0 Å². The van der Waals surface area contributed by atoms with E-state index in [0.717, 1.165) is 34.7 Å². The van der Waals surface area contributed by atoms with Crippen LogP contribution in [-0.2, 0) is 17.6 Å². The lowest BCUT2D eigenvalue weighted by Gasteiger charge is -2.37. The topological polar surface area (TPSA) is 38.7 Å². The van der Waals surface area contributed by atoms with E-state index in [1.807, 2.05) is 12.1 Å². The summed E-state index contributed by atoms with van der Waals surface area (Å²) in [5.74, 6) is 0.933. The number of fused-ring (bicyclic) bond motifs is 1. The molecule has 0 saturated carbocycles. The van der Waals surface area contributed by atoms with Gasteiger partial charge in [-0.1, -0.05) is 18.5 Å². The van der Waals surface area contributed by atoms with Crippen molar-refractivity contribution in [3.8, 4) is 5.75 Å². The maximum Gasteiger partial charge on any atom is 0.126 e. The van der Waals surface area contributed by atoms with Crippen LogP contribution in [0.15, 0.2) is 12.1 Å². The van der Waals surface area contributed by atoms with Crippen LogP contribution in [0.1, 0.15) is 37.3 Å². The molecule has 0 spiro atoms. The van der Waals surface area contributed by atoms with Gasteiger partial charge in [-0.3, -0.25) is 0 Å². The van der Waals surface area contributed by atoms with Crippen LogP contribution in [0.4, 0.5) is 0 Å². The highest BCUT2D eigenvalue weighted by atomic mass is 35.5. The Balaban J connectivity index is 1.84. The number of halogens is 1. The van der Waals surface area contributed by atoms with Gasteiger partial charge in [0.05, 0.1) is 18.3 Å². The molecule has 110 valence electrons. The number of benzene rings is 1. The zero-order valence-corrected chi connectivity index (χ0v) is 12.6. The second-order valence-electron chi connectivity index (χ2n) is 5.91.